The zero-order valence-electron chi connectivity index (χ0n) is 10.7. The largest absolute Gasteiger partial charge is 0.380 e. The summed E-state index contributed by atoms with van der Waals surface area (Å²) in [5.74, 6) is 6.81. The van der Waals surface area contributed by atoms with Gasteiger partial charge in [-0.15, -0.1) is 23.5 Å². The van der Waals surface area contributed by atoms with Crippen molar-refractivity contribution in [3.63, 3.8) is 0 Å². The monoisotopic (exact) mass is 293 g/mol. The quantitative estimate of drug-likeness (QED) is 0.278. The maximum Gasteiger partial charge on any atom is 0.0575 e. The third kappa shape index (κ3) is 12.8. The molecule has 0 rings (SSSR count). The van der Waals surface area contributed by atoms with Crippen LogP contribution in [0.25, 0.3) is 0 Å². The van der Waals surface area contributed by atoms with E-state index >= 15 is 0 Å². The van der Waals surface area contributed by atoms with E-state index in [2.05, 4.69) is 48.1 Å². The molecule has 0 saturated carbocycles. The molecule has 0 aliphatic rings. The fourth-order valence-electron chi connectivity index (χ4n) is 1.38. The second kappa shape index (κ2) is 13.0. The summed E-state index contributed by atoms with van der Waals surface area (Å²) in [5, 5.41) is 0.392. The molecular weight excluding hydrogens is 270 g/mol. The maximum atomic E-state index is 5.47. The van der Waals surface area contributed by atoms with Crippen LogP contribution in [0.15, 0.2) is 0 Å². The Morgan fingerprint density at radius 1 is 1.41 bits per heavy atom. The standard InChI is InChI=1S/C12H23NOS3/c1-3-4-5-8-14-9-6-7-13(2)10-12(15)11-17-16/h12,15-16H,5-11H2,1-2H3. The van der Waals surface area contributed by atoms with Crippen LogP contribution in [0.1, 0.15) is 19.8 Å². The van der Waals surface area contributed by atoms with Crippen LogP contribution >= 0.6 is 35.1 Å². The Morgan fingerprint density at radius 3 is 2.82 bits per heavy atom. The summed E-state index contributed by atoms with van der Waals surface area (Å²) in [4.78, 5) is 2.29. The highest BCUT2D eigenvalue weighted by Crippen LogP contribution is 2.11. The minimum Gasteiger partial charge on any atom is -0.380 e. The lowest BCUT2D eigenvalue weighted by atomic mass is 10.3. The van der Waals surface area contributed by atoms with E-state index in [0.717, 1.165) is 44.9 Å². The van der Waals surface area contributed by atoms with Gasteiger partial charge in [0.15, 0.2) is 0 Å². The molecular formula is C12H23NOS3. The summed E-state index contributed by atoms with van der Waals surface area (Å²) in [5.41, 5.74) is 0. The Kier molecular flexibility index (Phi) is 13.4. The third-order valence-electron chi connectivity index (χ3n) is 2.17. The molecule has 0 spiro atoms. The zero-order valence-corrected chi connectivity index (χ0v) is 13.3. The molecule has 0 aliphatic carbocycles. The van der Waals surface area contributed by atoms with E-state index in [0.29, 0.717) is 5.25 Å². The van der Waals surface area contributed by atoms with Crippen LogP contribution < -0.4 is 0 Å². The highest BCUT2D eigenvalue weighted by Gasteiger charge is 2.06. The summed E-state index contributed by atoms with van der Waals surface area (Å²) in [7, 11) is 3.67. The normalized spacial score (nSPS) is 12.3. The molecule has 0 aliphatic heterocycles. The molecule has 1 unspecified atom stereocenters. The number of thiol groups is 2. The van der Waals surface area contributed by atoms with Crippen LogP contribution in [0.4, 0.5) is 0 Å². The molecule has 0 amide bonds. The number of rotatable bonds is 10. The van der Waals surface area contributed by atoms with Gasteiger partial charge in [-0.05, 0) is 20.4 Å². The van der Waals surface area contributed by atoms with Crippen molar-refractivity contribution in [1.29, 1.82) is 0 Å². The molecule has 100 valence electrons. The van der Waals surface area contributed by atoms with Crippen molar-refractivity contribution in [2.75, 3.05) is 39.1 Å². The summed E-state index contributed by atoms with van der Waals surface area (Å²) >= 11 is 8.62. The van der Waals surface area contributed by atoms with Crippen molar-refractivity contribution in [2.24, 2.45) is 0 Å². The highest BCUT2D eigenvalue weighted by molar-refractivity contribution is 8.68. The SMILES string of the molecule is CC#CCCOCCCN(C)CC(S)CSS. The van der Waals surface area contributed by atoms with Crippen molar-refractivity contribution < 1.29 is 4.74 Å². The molecule has 17 heavy (non-hydrogen) atoms. The van der Waals surface area contributed by atoms with Crippen LogP contribution in [0.3, 0.4) is 0 Å². The Bertz CT molecular complexity index is 228. The van der Waals surface area contributed by atoms with Gasteiger partial charge in [0.05, 0.1) is 6.61 Å². The molecule has 0 aromatic rings. The first-order valence-corrected chi connectivity index (χ1v) is 8.36. The minimum atomic E-state index is 0.392. The summed E-state index contributed by atoms with van der Waals surface area (Å²) in [6.45, 7) is 5.46. The van der Waals surface area contributed by atoms with Crippen molar-refractivity contribution in [2.45, 2.75) is 25.0 Å². The third-order valence-corrected chi connectivity index (χ3v) is 3.76. The lowest BCUT2D eigenvalue weighted by molar-refractivity contribution is 0.129. The molecule has 0 saturated heterocycles. The lowest BCUT2D eigenvalue weighted by Crippen LogP contribution is -2.28. The maximum absolute atomic E-state index is 5.47. The van der Waals surface area contributed by atoms with Crippen LogP contribution in [-0.4, -0.2) is 49.3 Å². The summed E-state index contributed by atoms with van der Waals surface area (Å²) in [6, 6.07) is 0. The van der Waals surface area contributed by atoms with Crippen molar-refractivity contribution in [3.05, 3.63) is 0 Å². The van der Waals surface area contributed by atoms with E-state index in [-0.39, 0.29) is 0 Å². The molecule has 2 nitrogen and oxygen atoms in total. The molecule has 0 heterocycles. The molecule has 0 N–H and O–H groups in total. The molecule has 0 bridgehead atoms. The van der Waals surface area contributed by atoms with Crippen LogP contribution in [0, 0.1) is 11.8 Å². The second-order valence-corrected chi connectivity index (χ2v) is 5.95. The average Bonchev–Trinajstić information content (AvgIpc) is 2.28. The average molecular weight is 294 g/mol. The molecule has 0 radical (unpaired) electrons. The molecule has 0 aromatic heterocycles. The fourth-order valence-corrected chi connectivity index (χ4v) is 3.05. The van der Waals surface area contributed by atoms with Gasteiger partial charge in [-0.1, -0.05) is 10.8 Å². The smallest absolute Gasteiger partial charge is 0.0575 e. The Hall–Kier alpha value is 0.530. The number of nitrogens with zero attached hydrogens (tertiary/aromatic N) is 1. The van der Waals surface area contributed by atoms with Crippen LogP contribution in [0.5, 0.6) is 0 Å². The second-order valence-electron chi connectivity index (χ2n) is 3.85. The summed E-state index contributed by atoms with van der Waals surface area (Å²) < 4.78 is 5.47. The van der Waals surface area contributed by atoms with E-state index in [1.165, 1.54) is 0 Å². The van der Waals surface area contributed by atoms with E-state index in [4.69, 9.17) is 4.74 Å². The predicted octanol–water partition coefficient (Wildman–Crippen LogP) is 2.61. The summed E-state index contributed by atoms with van der Waals surface area (Å²) in [6.07, 6.45) is 1.90. The molecule has 1 atom stereocenters. The van der Waals surface area contributed by atoms with Crippen molar-refractivity contribution in [3.8, 4) is 11.8 Å². The van der Waals surface area contributed by atoms with E-state index < -0.39 is 0 Å². The van der Waals surface area contributed by atoms with Gasteiger partial charge >= 0.3 is 0 Å². The Morgan fingerprint density at radius 2 is 2.18 bits per heavy atom. The van der Waals surface area contributed by atoms with Gasteiger partial charge in [-0.2, -0.15) is 12.6 Å². The minimum absolute atomic E-state index is 0.392. The van der Waals surface area contributed by atoms with Gasteiger partial charge in [0.25, 0.3) is 0 Å². The van der Waals surface area contributed by atoms with Gasteiger partial charge in [0.1, 0.15) is 0 Å². The topological polar surface area (TPSA) is 12.5 Å². The first-order chi connectivity index (χ1) is 8.20. The first-order valence-electron chi connectivity index (χ1n) is 5.81. The lowest BCUT2D eigenvalue weighted by Gasteiger charge is -2.19. The molecule has 0 fully saturated rings. The first kappa shape index (κ1) is 17.5. The van der Waals surface area contributed by atoms with Gasteiger partial charge in [-0.3, -0.25) is 0 Å². The van der Waals surface area contributed by atoms with Crippen molar-refractivity contribution in [1.82, 2.24) is 4.90 Å². The van der Waals surface area contributed by atoms with E-state index in [9.17, 15) is 0 Å². The van der Waals surface area contributed by atoms with Gasteiger partial charge in [0, 0.05) is 37.1 Å². The van der Waals surface area contributed by atoms with E-state index in [1.54, 1.807) is 10.8 Å². The molecule has 5 heteroatoms. The zero-order chi connectivity index (χ0) is 12.9. The number of hydrogen-bond donors (Lipinski definition) is 2. The molecule has 0 aromatic carbocycles. The van der Waals surface area contributed by atoms with Crippen molar-refractivity contribution >= 4 is 35.1 Å². The van der Waals surface area contributed by atoms with Gasteiger partial charge < -0.3 is 9.64 Å². The van der Waals surface area contributed by atoms with Gasteiger partial charge in [-0.25, -0.2) is 0 Å². The van der Waals surface area contributed by atoms with Crippen LogP contribution in [-0.2, 0) is 4.74 Å². The van der Waals surface area contributed by atoms with E-state index in [1.807, 2.05) is 6.92 Å². The predicted molar refractivity (Wildman–Crippen MR) is 85.2 cm³/mol. The fraction of sp³-hybridized carbons (Fsp3) is 0.833. The van der Waals surface area contributed by atoms with Crippen LogP contribution in [0.2, 0.25) is 0 Å². The Balaban J connectivity index is 3.31. The van der Waals surface area contributed by atoms with Gasteiger partial charge in [0.2, 0.25) is 0 Å². The Labute approximate surface area is 120 Å². The number of ether oxygens (including phenoxy) is 1. The number of hydrogen-bond acceptors (Lipinski definition) is 5. The highest BCUT2D eigenvalue weighted by atomic mass is 33.1.